The van der Waals surface area contributed by atoms with Gasteiger partial charge in [-0.3, -0.25) is 9.69 Å². The van der Waals surface area contributed by atoms with Gasteiger partial charge in [0.2, 0.25) is 5.91 Å². The van der Waals surface area contributed by atoms with Crippen LogP contribution in [0.15, 0.2) is 5.38 Å². The highest BCUT2D eigenvalue weighted by atomic mass is 32.1. The van der Waals surface area contributed by atoms with Gasteiger partial charge < -0.3 is 9.64 Å². The first-order valence-corrected chi connectivity index (χ1v) is 7.54. The lowest BCUT2D eigenvalue weighted by Crippen LogP contribution is -2.44. The van der Waals surface area contributed by atoms with Crippen molar-refractivity contribution in [3.63, 3.8) is 0 Å². The number of nitrogens with zero attached hydrogens (tertiary/aromatic N) is 3. The first-order valence-electron chi connectivity index (χ1n) is 6.66. The zero-order valence-electron chi connectivity index (χ0n) is 11.6. The molecule has 2 rings (SSSR count). The number of likely N-dealkylation sites (N-methyl/N-ethyl adjacent to an activating group) is 1. The number of aryl methyl sites for hydroxylation is 1. The van der Waals surface area contributed by atoms with E-state index in [4.69, 9.17) is 4.74 Å². The molecule has 0 saturated carbocycles. The Bertz CT molecular complexity index is 416. The molecule has 1 aromatic rings. The van der Waals surface area contributed by atoms with Gasteiger partial charge in [-0.05, 0) is 13.5 Å². The lowest BCUT2D eigenvalue weighted by Gasteiger charge is -2.28. The normalized spacial score (nSPS) is 16.1. The number of rotatable bonds is 5. The van der Waals surface area contributed by atoms with E-state index in [2.05, 4.69) is 17.3 Å². The third-order valence-electron chi connectivity index (χ3n) is 3.10. The van der Waals surface area contributed by atoms with E-state index in [-0.39, 0.29) is 5.91 Å². The average Bonchev–Trinajstić information content (AvgIpc) is 2.87. The molecule has 6 heteroatoms. The Balaban J connectivity index is 1.79. The molecule has 1 saturated heterocycles. The highest BCUT2D eigenvalue weighted by Gasteiger charge is 2.18. The second kappa shape index (κ2) is 6.98. The largest absolute Gasteiger partial charge is 0.378 e. The zero-order valence-corrected chi connectivity index (χ0v) is 12.4. The number of hydrogen-bond donors (Lipinski definition) is 0. The van der Waals surface area contributed by atoms with Crippen molar-refractivity contribution >= 4 is 17.2 Å². The number of thiazole rings is 1. The van der Waals surface area contributed by atoms with Gasteiger partial charge in [0.25, 0.3) is 0 Å². The molecule has 0 unspecified atom stereocenters. The Kier molecular flexibility index (Phi) is 5.30. The molecule has 1 aliphatic rings. The summed E-state index contributed by atoms with van der Waals surface area (Å²) in [4.78, 5) is 20.5. The van der Waals surface area contributed by atoms with Crippen molar-refractivity contribution in [3.05, 3.63) is 16.1 Å². The number of amides is 1. The second-order valence-electron chi connectivity index (χ2n) is 4.75. The Morgan fingerprint density at radius 3 is 2.89 bits per heavy atom. The summed E-state index contributed by atoms with van der Waals surface area (Å²) in [7, 11) is 1.96. The summed E-state index contributed by atoms with van der Waals surface area (Å²) in [5, 5.41) is 3.23. The number of morpholine rings is 1. The molecule has 0 N–H and O–H groups in total. The van der Waals surface area contributed by atoms with Gasteiger partial charge in [0.05, 0.1) is 30.5 Å². The van der Waals surface area contributed by atoms with Crippen LogP contribution in [-0.2, 0) is 22.5 Å². The minimum atomic E-state index is 0.178. The maximum absolute atomic E-state index is 12.1. The lowest BCUT2D eigenvalue weighted by atomic mass is 10.3. The molecule has 0 atom stereocenters. The highest BCUT2D eigenvalue weighted by molar-refractivity contribution is 7.09. The molecule has 5 nitrogen and oxygen atoms in total. The van der Waals surface area contributed by atoms with Crippen LogP contribution in [0.4, 0.5) is 0 Å². The molecule has 1 aliphatic heterocycles. The van der Waals surface area contributed by atoms with Crippen molar-refractivity contribution in [2.24, 2.45) is 0 Å². The van der Waals surface area contributed by atoms with Crippen molar-refractivity contribution in [1.29, 1.82) is 0 Å². The molecule has 0 radical (unpaired) electrons. The van der Waals surface area contributed by atoms with E-state index in [0.717, 1.165) is 23.7 Å². The summed E-state index contributed by atoms with van der Waals surface area (Å²) in [5.74, 6) is 0.178. The van der Waals surface area contributed by atoms with Gasteiger partial charge in [-0.1, -0.05) is 6.92 Å². The Hall–Kier alpha value is -0.980. The van der Waals surface area contributed by atoms with Gasteiger partial charge in [-0.15, -0.1) is 11.3 Å². The van der Waals surface area contributed by atoms with Crippen LogP contribution in [0.2, 0.25) is 0 Å². The highest BCUT2D eigenvalue weighted by Crippen LogP contribution is 2.11. The van der Waals surface area contributed by atoms with Crippen molar-refractivity contribution in [3.8, 4) is 0 Å². The van der Waals surface area contributed by atoms with Crippen LogP contribution in [0.1, 0.15) is 17.6 Å². The second-order valence-corrected chi connectivity index (χ2v) is 5.69. The summed E-state index contributed by atoms with van der Waals surface area (Å²) in [6, 6.07) is 0. The summed E-state index contributed by atoms with van der Waals surface area (Å²) in [6.07, 6.45) is 0.973. The monoisotopic (exact) mass is 283 g/mol. The smallest absolute Gasteiger partial charge is 0.236 e. The van der Waals surface area contributed by atoms with E-state index in [0.29, 0.717) is 32.8 Å². The van der Waals surface area contributed by atoms with Crippen molar-refractivity contribution in [2.45, 2.75) is 19.9 Å². The molecule has 19 heavy (non-hydrogen) atoms. The van der Waals surface area contributed by atoms with E-state index in [1.165, 1.54) is 0 Å². The fraction of sp³-hybridized carbons (Fsp3) is 0.692. The number of ether oxygens (including phenoxy) is 1. The molecular weight excluding hydrogens is 262 g/mol. The fourth-order valence-electron chi connectivity index (χ4n) is 2.06. The molecule has 1 aromatic heterocycles. The van der Waals surface area contributed by atoms with Crippen molar-refractivity contribution < 1.29 is 9.53 Å². The van der Waals surface area contributed by atoms with Gasteiger partial charge in [-0.25, -0.2) is 4.98 Å². The summed E-state index contributed by atoms with van der Waals surface area (Å²) < 4.78 is 5.25. The molecule has 106 valence electrons. The number of hydrogen-bond acceptors (Lipinski definition) is 5. The van der Waals surface area contributed by atoms with Gasteiger partial charge in [0, 0.05) is 25.0 Å². The van der Waals surface area contributed by atoms with E-state index in [9.17, 15) is 4.79 Å². The van der Waals surface area contributed by atoms with Gasteiger partial charge in [0.1, 0.15) is 0 Å². The molecular formula is C13H21N3O2S. The van der Waals surface area contributed by atoms with Crippen LogP contribution in [0.3, 0.4) is 0 Å². The van der Waals surface area contributed by atoms with Crippen molar-refractivity contribution in [1.82, 2.24) is 14.8 Å². The lowest BCUT2D eigenvalue weighted by molar-refractivity contribution is -0.136. The molecule has 0 spiro atoms. The summed E-state index contributed by atoms with van der Waals surface area (Å²) in [6.45, 7) is 6.01. The van der Waals surface area contributed by atoms with Crippen LogP contribution in [-0.4, -0.2) is 60.6 Å². The zero-order chi connectivity index (χ0) is 13.7. The average molecular weight is 283 g/mol. The van der Waals surface area contributed by atoms with Crippen LogP contribution < -0.4 is 0 Å². The molecule has 0 aliphatic carbocycles. The molecule has 0 aromatic carbocycles. The van der Waals surface area contributed by atoms with Gasteiger partial charge in [-0.2, -0.15) is 0 Å². The van der Waals surface area contributed by atoms with E-state index >= 15 is 0 Å². The van der Waals surface area contributed by atoms with Gasteiger partial charge >= 0.3 is 0 Å². The van der Waals surface area contributed by atoms with Crippen LogP contribution >= 0.6 is 11.3 Å². The number of carbonyl (C=O) groups is 1. The third kappa shape index (κ3) is 4.26. The van der Waals surface area contributed by atoms with Crippen molar-refractivity contribution in [2.75, 3.05) is 39.9 Å². The quantitative estimate of drug-likeness (QED) is 0.808. The maximum Gasteiger partial charge on any atom is 0.236 e. The molecule has 2 heterocycles. The number of aromatic nitrogens is 1. The topological polar surface area (TPSA) is 45.7 Å². The molecule has 1 fully saturated rings. The Morgan fingerprint density at radius 1 is 1.53 bits per heavy atom. The van der Waals surface area contributed by atoms with E-state index in [1.54, 1.807) is 11.3 Å². The first kappa shape index (κ1) is 14.4. The van der Waals surface area contributed by atoms with E-state index in [1.807, 2.05) is 16.8 Å². The Labute approximate surface area is 118 Å². The summed E-state index contributed by atoms with van der Waals surface area (Å²) in [5.41, 5.74) is 1.05. The van der Waals surface area contributed by atoms with Crippen LogP contribution in [0.25, 0.3) is 0 Å². The summed E-state index contributed by atoms with van der Waals surface area (Å²) >= 11 is 1.69. The molecule has 0 bridgehead atoms. The maximum atomic E-state index is 12.1. The first-order chi connectivity index (χ1) is 9.19. The fourth-order valence-corrected chi connectivity index (χ4v) is 2.80. The minimum Gasteiger partial charge on any atom is -0.378 e. The van der Waals surface area contributed by atoms with Gasteiger partial charge in [0.15, 0.2) is 0 Å². The Morgan fingerprint density at radius 2 is 2.26 bits per heavy atom. The SMILES string of the molecule is CCc1nc(CN(C)CC(=O)N2CCOCC2)cs1. The van der Waals surface area contributed by atoms with Crippen LogP contribution in [0.5, 0.6) is 0 Å². The van der Waals surface area contributed by atoms with E-state index < -0.39 is 0 Å². The predicted octanol–water partition coefficient (Wildman–Crippen LogP) is 0.996. The minimum absolute atomic E-state index is 0.178. The molecule has 1 amide bonds. The third-order valence-corrected chi connectivity index (χ3v) is 4.14. The standard InChI is InChI=1S/C13H21N3O2S/c1-3-12-14-11(10-19-12)8-15(2)9-13(17)16-4-6-18-7-5-16/h10H,3-9H2,1-2H3. The van der Waals surface area contributed by atoms with Crippen LogP contribution in [0, 0.1) is 0 Å². The predicted molar refractivity (Wildman–Crippen MR) is 75.2 cm³/mol. The number of carbonyl (C=O) groups excluding carboxylic acids is 1.